The van der Waals surface area contributed by atoms with Crippen LogP contribution in [0.3, 0.4) is 0 Å². The number of nitrogens with two attached hydrogens (primary N) is 1. The Balaban J connectivity index is 1.38. The number of carbonyl (C=O) groups excluding carboxylic acids is 3. The van der Waals surface area contributed by atoms with Gasteiger partial charge < -0.3 is 21.1 Å². The fraction of sp³-hybridized carbons (Fsp3) is 0.326. The molecule has 0 unspecified atom stereocenters. The van der Waals surface area contributed by atoms with E-state index in [0.717, 1.165) is 28.0 Å². The highest BCUT2D eigenvalue weighted by atomic mass is 32.2. The molecule has 340 valence electrons. The highest BCUT2D eigenvalue weighted by Gasteiger charge is 2.33. The number of aryl methyl sites for hydroxylation is 3. The van der Waals surface area contributed by atoms with Gasteiger partial charge in [0.1, 0.15) is 17.8 Å². The Bertz CT molecular complexity index is 2660. The van der Waals surface area contributed by atoms with Crippen molar-refractivity contribution in [2.24, 2.45) is 10.7 Å². The van der Waals surface area contributed by atoms with Crippen LogP contribution in [0.4, 0.5) is 0 Å². The minimum Gasteiger partial charge on any atom is -0.496 e. The Labute approximate surface area is 379 Å². The molecule has 0 aliphatic heterocycles. The van der Waals surface area contributed by atoms with E-state index in [0.29, 0.717) is 33.6 Å². The van der Waals surface area contributed by atoms with Gasteiger partial charge in [-0.25, -0.2) is 31.3 Å². The van der Waals surface area contributed by atoms with Gasteiger partial charge in [-0.2, -0.15) is 0 Å². The molecular weight excluding hydrogens is 875 g/mol. The third-order valence-corrected chi connectivity index (χ3v) is 14.5. The monoisotopic (exact) mass is 929 g/mol. The maximum atomic E-state index is 14.5. The molecular formula is C46H55N7O8S3. The lowest BCUT2D eigenvalue weighted by molar-refractivity contribution is -0.130. The summed E-state index contributed by atoms with van der Waals surface area (Å²) in [5.41, 5.74) is 11.4. The van der Waals surface area contributed by atoms with Gasteiger partial charge in [-0.15, -0.1) is 11.3 Å². The molecule has 0 radical (unpaired) electrons. The van der Waals surface area contributed by atoms with Gasteiger partial charge in [0, 0.05) is 24.5 Å². The summed E-state index contributed by atoms with van der Waals surface area (Å²) in [6.07, 6.45) is 1.71. The SMILES string of the molecule is COc1cc(C)c(S(=O)(=O)NC(N)=NCCC[C@H](NC(=O)[C@H](Cc2c(C)cccc2C)NC(=O)[C@@H](Cc2ccccc2)NS(=O)(=O)Cc2ccccc2)C(=O)c2nccs2)c(C)c1C. The molecule has 64 heavy (non-hydrogen) atoms. The van der Waals surface area contributed by atoms with Crippen LogP contribution < -0.4 is 30.5 Å². The second-order valence-corrected chi connectivity index (χ2v) is 19.8. The molecule has 0 fully saturated rings. The minimum absolute atomic E-state index is 0.0116. The lowest BCUT2D eigenvalue weighted by atomic mass is 9.95. The first-order chi connectivity index (χ1) is 30.4. The summed E-state index contributed by atoms with van der Waals surface area (Å²) in [5.74, 6) is -2.08. The van der Waals surface area contributed by atoms with Crippen LogP contribution in [0.1, 0.15) is 67.2 Å². The molecule has 0 saturated carbocycles. The van der Waals surface area contributed by atoms with E-state index in [1.807, 2.05) is 32.0 Å². The predicted molar refractivity (Wildman–Crippen MR) is 249 cm³/mol. The molecule has 0 aliphatic rings. The van der Waals surface area contributed by atoms with Gasteiger partial charge in [0.05, 0.1) is 23.8 Å². The van der Waals surface area contributed by atoms with Gasteiger partial charge in [-0.05, 0) is 104 Å². The van der Waals surface area contributed by atoms with Gasteiger partial charge in [0.25, 0.3) is 10.0 Å². The van der Waals surface area contributed by atoms with Crippen LogP contribution >= 0.6 is 11.3 Å². The Morgan fingerprint density at radius 2 is 1.38 bits per heavy atom. The predicted octanol–water partition coefficient (Wildman–Crippen LogP) is 4.89. The number of methoxy groups -OCH3 is 1. The second-order valence-electron chi connectivity index (χ2n) is 15.5. The third-order valence-electron chi connectivity index (χ3n) is 10.7. The zero-order valence-electron chi connectivity index (χ0n) is 36.7. The van der Waals surface area contributed by atoms with Gasteiger partial charge in [-0.1, -0.05) is 78.9 Å². The fourth-order valence-electron chi connectivity index (χ4n) is 7.34. The number of aliphatic imine (C=N–C) groups is 1. The first-order valence-electron chi connectivity index (χ1n) is 20.5. The number of aromatic nitrogens is 1. The summed E-state index contributed by atoms with van der Waals surface area (Å²) in [6, 6.07) is 21.1. The van der Waals surface area contributed by atoms with E-state index in [9.17, 15) is 31.2 Å². The number of Topliss-reactive ketones (excluding diaryl/α,β-unsaturated/α-hetero) is 1. The third kappa shape index (κ3) is 13.3. The van der Waals surface area contributed by atoms with Crippen LogP contribution in [0.5, 0.6) is 5.75 Å². The minimum atomic E-state index is -4.13. The number of hydrogen-bond acceptors (Lipinski definition) is 11. The summed E-state index contributed by atoms with van der Waals surface area (Å²) in [7, 11) is -6.68. The van der Waals surface area contributed by atoms with Crippen LogP contribution in [-0.2, 0) is 48.2 Å². The Morgan fingerprint density at radius 1 is 0.766 bits per heavy atom. The Kier molecular flexibility index (Phi) is 16.9. The van der Waals surface area contributed by atoms with E-state index in [-0.39, 0.29) is 53.8 Å². The average molecular weight is 930 g/mol. The number of sulfonamides is 2. The van der Waals surface area contributed by atoms with Crippen molar-refractivity contribution in [1.29, 1.82) is 0 Å². The maximum absolute atomic E-state index is 14.5. The number of guanidine groups is 1. The molecule has 1 heterocycles. The molecule has 0 bridgehead atoms. The van der Waals surface area contributed by atoms with Gasteiger partial charge >= 0.3 is 0 Å². The molecule has 5 aromatic rings. The van der Waals surface area contributed by atoms with Gasteiger partial charge in [0.2, 0.25) is 33.6 Å². The molecule has 0 saturated heterocycles. The average Bonchev–Trinajstić information content (AvgIpc) is 3.79. The molecule has 5 rings (SSSR count). The van der Waals surface area contributed by atoms with Crippen LogP contribution in [0.25, 0.3) is 0 Å². The zero-order chi connectivity index (χ0) is 46.6. The van der Waals surface area contributed by atoms with E-state index < -0.39 is 55.8 Å². The van der Waals surface area contributed by atoms with E-state index in [2.05, 4.69) is 30.1 Å². The molecule has 15 nitrogen and oxygen atoms in total. The lowest BCUT2D eigenvalue weighted by Crippen LogP contribution is -2.57. The number of carbonyl (C=O) groups is 3. The first kappa shape index (κ1) is 49.1. The summed E-state index contributed by atoms with van der Waals surface area (Å²) in [4.78, 5) is 51.1. The van der Waals surface area contributed by atoms with Crippen molar-refractivity contribution in [2.45, 2.75) is 89.1 Å². The number of benzene rings is 4. The second kappa shape index (κ2) is 22.1. The van der Waals surface area contributed by atoms with Crippen LogP contribution in [-0.4, -0.2) is 77.2 Å². The first-order valence-corrected chi connectivity index (χ1v) is 24.6. The molecule has 6 N–H and O–H groups in total. The van der Waals surface area contributed by atoms with Crippen molar-refractivity contribution in [1.82, 2.24) is 25.1 Å². The van der Waals surface area contributed by atoms with Crippen molar-refractivity contribution < 1.29 is 36.0 Å². The standard InChI is InChI=1S/C46H55N7O8S3/c1-29-15-13-16-30(2)36(29)27-38(51-44(56)39(26-34-17-9-7-10-18-34)52-63(57,58)28-35-19-11-8-12-20-35)43(55)50-37(41(54)45-48-23-24-62-45)21-14-22-49-46(47)53-64(59,60)42-31(3)25-40(61-6)32(4)33(42)5/h7-13,15-20,23-25,37-39,52H,14,21-22,26-28H2,1-6H3,(H,50,55)(H,51,56)(H3,47,49,53)/t37-,38-,39+/m0/s1. The van der Waals surface area contributed by atoms with Crippen molar-refractivity contribution in [3.8, 4) is 5.75 Å². The van der Waals surface area contributed by atoms with Crippen molar-refractivity contribution in [3.05, 3.63) is 146 Å². The lowest BCUT2D eigenvalue weighted by Gasteiger charge is -2.26. The van der Waals surface area contributed by atoms with Crippen molar-refractivity contribution >= 4 is 54.9 Å². The Morgan fingerprint density at radius 3 is 1.98 bits per heavy atom. The molecule has 4 aromatic carbocycles. The highest BCUT2D eigenvalue weighted by Crippen LogP contribution is 2.30. The number of hydrogen-bond donors (Lipinski definition) is 5. The number of amides is 2. The molecule has 18 heteroatoms. The van der Waals surface area contributed by atoms with Crippen molar-refractivity contribution in [3.63, 3.8) is 0 Å². The number of nitrogens with one attached hydrogen (secondary N) is 4. The van der Waals surface area contributed by atoms with E-state index in [1.54, 1.807) is 92.9 Å². The molecule has 1 aromatic heterocycles. The van der Waals surface area contributed by atoms with E-state index >= 15 is 0 Å². The van der Waals surface area contributed by atoms with Crippen LogP contribution in [0, 0.1) is 34.6 Å². The topological polar surface area (TPSA) is 228 Å². The van der Waals surface area contributed by atoms with Gasteiger partial charge in [-0.3, -0.25) is 19.4 Å². The van der Waals surface area contributed by atoms with Crippen LogP contribution in [0.2, 0.25) is 0 Å². The molecule has 2 amide bonds. The number of thiazole rings is 1. The number of rotatable bonds is 21. The zero-order valence-corrected chi connectivity index (χ0v) is 39.1. The largest absolute Gasteiger partial charge is 0.496 e. The summed E-state index contributed by atoms with van der Waals surface area (Å²) < 4.78 is 64.2. The smallest absolute Gasteiger partial charge is 0.264 e. The van der Waals surface area contributed by atoms with Crippen molar-refractivity contribution in [2.75, 3.05) is 13.7 Å². The van der Waals surface area contributed by atoms with E-state index in [1.165, 1.54) is 13.3 Å². The number of ether oxygens (including phenoxy) is 1. The molecule has 0 spiro atoms. The quantitative estimate of drug-likeness (QED) is 0.0290. The summed E-state index contributed by atoms with van der Waals surface area (Å²) in [6.45, 7) is 8.84. The Hall–Kier alpha value is -5.95. The van der Waals surface area contributed by atoms with E-state index in [4.69, 9.17) is 10.5 Å². The fourth-order valence-corrected chi connectivity index (χ4v) is 10.8. The maximum Gasteiger partial charge on any atom is 0.264 e. The number of nitrogens with zero attached hydrogens (tertiary/aromatic N) is 2. The molecule has 3 atom stereocenters. The molecule has 0 aliphatic carbocycles. The number of ketones is 1. The van der Waals surface area contributed by atoms with Crippen LogP contribution in [0.15, 0.2) is 106 Å². The summed E-state index contributed by atoms with van der Waals surface area (Å²) >= 11 is 1.10. The highest BCUT2D eigenvalue weighted by molar-refractivity contribution is 7.90. The normalized spacial score (nSPS) is 13.4. The summed E-state index contributed by atoms with van der Waals surface area (Å²) in [5, 5.41) is 7.44. The van der Waals surface area contributed by atoms with Gasteiger partial charge in [0.15, 0.2) is 5.01 Å².